The summed E-state index contributed by atoms with van der Waals surface area (Å²) in [5.41, 5.74) is 0.671. The lowest BCUT2D eigenvalue weighted by Crippen LogP contribution is -2.08. The third-order valence-electron chi connectivity index (χ3n) is 2.01. The van der Waals surface area contributed by atoms with Gasteiger partial charge in [-0.25, -0.2) is 4.79 Å². The normalized spacial score (nSPS) is 10.5. The Kier molecular flexibility index (Phi) is 2.29. The molecule has 5 nitrogen and oxygen atoms in total. The summed E-state index contributed by atoms with van der Waals surface area (Å²) in [4.78, 5) is 25.5. The van der Waals surface area contributed by atoms with E-state index in [1.54, 1.807) is 19.1 Å². The minimum Gasteiger partial charge on any atom is -0.461 e. The number of nitrogens with zero attached hydrogens (tertiary/aromatic N) is 1. The number of H-pyrrole nitrogens is 1. The van der Waals surface area contributed by atoms with Crippen LogP contribution >= 0.6 is 0 Å². The Bertz CT molecular complexity index is 553. The maximum Gasteiger partial charge on any atom is 0.356 e. The van der Waals surface area contributed by atoms with Crippen LogP contribution in [0.25, 0.3) is 5.65 Å². The molecule has 0 aliphatic heterocycles. The predicted molar refractivity (Wildman–Crippen MR) is 54.0 cm³/mol. The molecule has 5 heteroatoms. The molecule has 0 fully saturated rings. The van der Waals surface area contributed by atoms with Crippen molar-refractivity contribution in [3.63, 3.8) is 0 Å². The summed E-state index contributed by atoms with van der Waals surface area (Å²) in [5.74, 6) is -0.458. The van der Waals surface area contributed by atoms with E-state index in [1.165, 1.54) is 16.7 Å². The van der Waals surface area contributed by atoms with Crippen LogP contribution in [-0.4, -0.2) is 22.0 Å². The van der Waals surface area contributed by atoms with Crippen molar-refractivity contribution in [3.05, 3.63) is 40.4 Å². The van der Waals surface area contributed by atoms with Gasteiger partial charge in [-0.2, -0.15) is 0 Å². The first-order valence-electron chi connectivity index (χ1n) is 4.60. The number of nitrogens with one attached hydrogen (secondary N) is 1. The molecule has 2 aromatic heterocycles. The van der Waals surface area contributed by atoms with E-state index in [-0.39, 0.29) is 11.3 Å². The second kappa shape index (κ2) is 3.61. The van der Waals surface area contributed by atoms with Gasteiger partial charge >= 0.3 is 5.97 Å². The molecule has 2 heterocycles. The Morgan fingerprint density at radius 1 is 1.53 bits per heavy atom. The summed E-state index contributed by atoms with van der Waals surface area (Å²) in [7, 11) is 0. The fourth-order valence-electron chi connectivity index (χ4n) is 1.35. The minimum absolute atomic E-state index is 0.181. The second-order valence-electron chi connectivity index (χ2n) is 3.01. The summed E-state index contributed by atoms with van der Waals surface area (Å²) in [5, 5.41) is 0. The van der Waals surface area contributed by atoms with Gasteiger partial charge in [0.15, 0.2) is 0 Å². The summed E-state index contributed by atoms with van der Waals surface area (Å²) < 4.78 is 6.18. The monoisotopic (exact) mass is 206 g/mol. The number of aromatic nitrogens is 2. The molecule has 0 saturated carbocycles. The number of carbonyl (C=O) groups is 1. The molecule has 0 radical (unpaired) electrons. The van der Waals surface area contributed by atoms with Crippen LogP contribution < -0.4 is 5.56 Å². The van der Waals surface area contributed by atoms with E-state index >= 15 is 0 Å². The summed E-state index contributed by atoms with van der Waals surface area (Å²) in [6.07, 6.45) is 1.44. The van der Waals surface area contributed by atoms with Crippen LogP contribution in [0.1, 0.15) is 17.4 Å². The molecule has 2 rings (SSSR count). The molecular weight excluding hydrogens is 196 g/mol. The molecule has 15 heavy (non-hydrogen) atoms. The Morgan fingerprint density at radius 3 is 3.00 bits per heavy atom. The number of carbonyl (C=O) groups excluding carboxylic acids is 1. The number of hydrogen-bond donors (Lipinski definition) is 1. The molecule has 1 N–H and O–H groups in total. The van der Waals surface area contributed by atoms with Gasteiger partial charge in [-0.15, -0.1) is 0 Å². The maximum atomic E-state index is 11.4. The average Bonchev–Trinajstić information content (AvgIpc) is 2.63. The lowest BCUT2D eigenvalue weighted by atomic mass is 10.5. The molecule has 0 atom stereocenters. The largest absolute Gasteiger partial charge is 0.461 e. The Morgan fingerprint density at radius 2 is 2.33 bits per heavy atom. The zero-order chi connectivity index (χ0) is 10.8. The van der Waals surface area contributed by atoms with E-state index in [0.717, 1.165) is 0 Å². The van der Waals surface area contributed by atoms with Crippen molar-refractivity contribution in [1.29, 1.82) is 0 Å². The lowest BCUT2D eigenvalue weighted by Gasteiger charge is -1.95. The predicted octanol–water partition coefficient (Wildman–Crippen LogP) is 0.804. The van der Waals surface area contributed by atoms with Crippen LogP contribution in [0.4, 0.5) is 0 Å². The van der Waals surface area contributed by atoms with Crippen molar-refractivity contribution in [2.45, 2.75) is 6.92 Å². The van der Waals surface area contributed by atoms with Crippen LogP contribution in [0.2, 0.25) is 0 Å². The molecule has 0 aromatic carbocycles. The highest BCUT2D eigenvalue weighted by Gasteiger charge is 2.10. The Balaban J connectivity index is 2.52. The Hall–Kier alpha value is -2.04. The highest BCUT2D eigenvalue weighted by atomic mass is 16.5. The van der Waals surface area contributed by atoms with E-state index in [4.69, 9.17) is 4.74 Å². The van der Waals surface area contributed by atoms with Crippen LogP contribution in [0.3, 0.4) is 0 Å². The van der Waals surface area contributed by atoms with Crippen molar-refractivity contribution in [3.8, 4) is 0 Å². The number of imidazole rings is 1. The number of fused-ring (bicyclic) bond motifs is 1. The van der Waals surface area contributed by atoms with Crippen molar-refractivity contribution in [1.82, 2.24) is 9.38 Å². The van der Waals surface area contributed by atoms with Gasteiger partial charge in [-0.05, 0) is 13.0 Å². The van der Waals surface area contributed by atoms with Gasteiger partial charge in [0.1, 0.15) is 11.3 Å². The fourth-order valence-corrected chi connectivity index (χ4v) is 1.35. The van der Waals surface area contributed by atoms with Crippen LogP contribution in [0, 0.1) is 0 Å². The van der Waals surface area contributed by atoms with Crippen molar-refractivity contribution in [2.24, 2.45) is 0 Å². The minimum atomic E-state index is -0.458. The first kappa shape index (κ1) is 9.51. The topological polar surface area (TPSA) is 63.6 Å². The van der Waals surface area contributed by atoms with E-state index in [9.17, 15) is 9.59 Å². The fraction of sp³-hybridized carbons (Fsp3) is 0.200. The standard InChI is InChI=1S/C10H10N2O3/c1-2-15-10(14)7-6-12-8(11-7)4-3-5-9(12)13/h3-6,11H,2H2,1H3. The summed E-state index contributed by atoms with van der Waals surface area (Å²) >= 11 is 0. The number of pyridine rings is 1. The average molecular weight is 206 g/mol. The van der Waals surface area contributed by atoms with Gasteiger partial charge in [0.2, 0.25) is 0 Å². The third-order valence-corrected chi connectivity index (χ3v) is 2.01. The molecule has 0 amide bonds. The van der Waals surface area contributed by atoms with E-state index in [0.29, 0.717) is 12.3 Å². The molecule has 0 spiro atoms. The number of rotatable bonds is 2. The van der Waals surface area contributed by atoms with Crippen molar-refractivity contribution < 1.29 is 9.53 Å². The van der Waals surface area contributed by atoms with Gasteiger partial charge in [-0.1, -0.05) is 6.07 Å². The first-order valence-corrected chi connectivity index (χ1v) is 4.60. The molecule has 0 unspecified atom stereocenters. The van der Waals surface area contributed by atoms with Crippen molar-refractivity contribution >= 4 is 11.6 Å². The highest BCUT2D eigenvalue weighted by molar-refractivity contribution is 5.87. The molecule has 78 valence electrons. The molecule has 0 bridgehead atoms. The molecule has 2 aromatic rings. The van der Waals surface area contributed by atoms with Gasteiger partial charge in [0.05, 0.1) is 6.61 Å². The molecule has 0 aliphatic rings. The smallest absolute Gasteiger partial charge is 0.356 e. The van der Waals surface area contributed by atoms with E-state index in [2.05, 4.69) is 4.98 Å². The SMILES string of the molecule is CCOC(=O)c1cn2c(=O)cccc2[nH]1. The summed E-state index contributed by atoms with van der Waals surface area (Å²) in [6.45, 7) is 2.04. The van der Waals surface area contributed by atoms with E-state index in [1.807, 2.05) is 0 Å². The highest BCUT2D eigenvalue weighted by Crippen LogP contribution is 2.03. The lowest BCUT2D eigenvalue weighted by molar-refractivity contribution is 0.0520. The van der Waals surface area contributed by atoms with Gasteiger partial charge in [-0.3, -0.25) is 9.20 Å². The summed E-state index contributed by atoms with van der Waals surface area (Å²) in [6, 6.07) is 4.77. The Labute approximate surface area is 85.3 Å². The van der Waals surface area contributed by atoms with Gasteiger partial charge < -0.3 is 9.72 Å². The number of esters is 1. The molecular formula is C10H10N2O3. The maximum absolute atomic E-state index is 11.4. The van der Waals surface area contributed by atoms with E-state index < -0.39 is 5.97 Å². The first-order chi connectivity index (χ1) is 7.22. The quantitative estimate of drug-likeness (QED) is 0.739. The van der Waals surface area contributed by atoms with Gasteiger partial charge in [0.25, 0.3) is 5.56 Å². The zero-order valence-electron chi connectivity index (χ0n) is 8.19. The molecule has 0 saturated heterocycles. The van der Waals surface area contributed by atoms with Crippen molar-refractivity contribution in [2.75, 3.05) is 6.61 Å². The van der Waals surface area contributed by atoms with Crippen LogP contribution in [-0.2, 0) is 4.74 Å². The third kappa shape index (κ3) is 1.63. The number of ether oxygens (including phenoxy) is 1. The molecule has 0 aliphatic carbocycles. The number of hydrogen-bond acceptors (Lipinski definition) is 3. The second-order valence-corrected chi connectivity index (χ2v) is 3.01. The van der Waals surface area contributed by atoms with Gasteiger partial charge in [0, 0.05) is 12.3 Å². The van der Waals surface area contributed by atoms with Crippen LogP contribution in [0.15, 0.2) is 29.2 Å². The zero-order valence-corrected chi connectivity index (χ0v) is 8.19. The number of aromatic amines is 1. The van der Waals surface area contributed by atoms with Crippen LogP contribution in [0.5, 0.6) is 0 Å².